The van der Waals surface area contributed by atoms with Gasteiger partial charge in [-0.25, -0.2) is 9.97 Å². The van der Waals surface area contributed by atoms with E-state index in [4.69, 9.17) is 4.42 Å². The van der Waals surface area contributed by atoms with Crippen molar-refractivity contribution in [2.75, 3.05) is 7.05 Å². The lowest BCUT2D eigenvalue weighted by atomic mass is 10.1. The number of nitrogens with one attached hydrogen (secondary N) is 2. The number of nitrogens with zero attached hydrogens (tertiary/aromatic N) is 4. The normalized spacial score (nSPS) is 11.5. The van der Waals surface area contributed by atoms with Crippen LogP contribution in [0.3, 0.4) is 0 Å². The van der Waals surface area contributed by atoms with E-state index in [-0.39, 0.29) is 0 Å². The molecule has 2 heterocycles. The minimum absolute atomic E-state index is 0.527. The van der Waals surface area contributed by atoms with Crippen LogP contribution in [-0.2, 0) is 19.6 Å². The van der Waals surface area contributed by atoms with Crippen LogP contribution in [0, 0.1) is 6.92 Å². The van der Waals surface area contributed by atoms with Crippen LogP contribution in [0.4, 0.5) is 0 Å². The van der Waals surface area contributed by atoms with Crippen LogP contribution in [0.25, 0.3) is 11.5 Å². The monoisotopic (exact) mass is 414 g/mol. The Morgan fingerprint density at radius 3 is 2.45 bits per heavy atom. The van der Waals surface area contributed by atoms with Crippen LogP contribution in [0.2, 0.25) is 0 Å². The summed E-state index contributed by atoms with van der Waals surface area (Å²) < 4.78 is 7.67. The molecule has 0 aliphatic carbocycles. The largest absolute Gasteiger partial charge is 0.444 e. The molecule has 4 rings (SSSR count). The van der Waals surface area contributed by atoms with Gasteiger partial charge in [-0.15, -0.1) is 0 Å². The Hall–Kier alpha value is -3.87. The van der Waals surface area contributed by atoms with Gasteiger partial charge in [0.1, 0.15) is 6.26 Å². The summed E-state index contributed by atoms with van der Waals surface area (Å²) in [6.45, 7) is 4.08. The summed E-state index contributed by atoms with van der Waals surface area (Å²) in [5, 5.41) is 6.61. The molecule has 2 aromatic carbocycles. The zero-order chi connectivity index (χ0) is 21.5. The first-order valence-electron chi connectivity index (χ1n) is 10.2. The van der Waals surface area contributed by atoms with E-state index in [0.29, 0.717) is 24.9 Å². The molecule has 7 nitrogen and oxygen atoms in total. The Balaban J connectivity index is 1.27. The second-order valence-electron chi connectivity index (χ2n) is 7.34. The zero-order valence-corrected chi connectivity index (χ0v) is 17.7. The summed E-state index contributed by atoms with van der Waals surface area (Å²) in [5.74, 6) is 1.33. The first-order chi connectivity index (χ1) is 15.2. The van der Waals surface area contributed by atoms with Crippen LogP contribution >= 0.6 is 0 Å². The SMILES string of the molecule is CN=C(NCc1ccc(Cn2ccnc2)cc1)NCc1coc(-c2ccc(C)cc2)n1. The number of aryl methyl sites for hydroxylation is 1. The molecule has 0 amide bonds. The molecule has 7 heteroatoms. The molecule has 2 aromatic heterocycles. The van der Waals surface area contributed by atoms with Crippen LogP contribution in [0.15, 0.2) is 82.9 Å². The Labute approximate surface area is 181 Å². The van der Waals surface area contributed by atoms with Crippen LogP contribution in [-0.4, -0.2) is 27.5 Å². The maximum Gasteiger partial charge on any atom is 0.226 e. The predicted molar refractivity (Wildman–Crippen MR) is 121 cm³/mol. The third kappa shape index (κ3) is 5.60. The van der Waals surface area contributed by atoms with Crippen molar-refractivity contribution in [1.29, 1.82) is 0 Å². The minimum Gasteiger partial charge on any atom is -0.444 e. The second-order valence-corrected chi connectivity index (χ2v) is 7.34. The number of rotatable bonds is 7. The fourth-order valence-electron chi connectivity index (χ4n) is 3.15. The average molecular weight is 415 g/mol. The molecular weight excluding hydrogens is 388 g/mol. The molecule has 0 unspecified atom stereocenters. The number of oxazole rings is 1. The molecule has 0 atom stereocenters. The molecule has 0 radical (unpaired) electrons. The number of aromatic nitrogens is 3. The fraction of sp³-hybridized carbons (Fsp3) is 0.208. The summed E-state index contributed by atoms with van der Waals surface area (Å²) in [5.41, 5.74) is 5.42. The summed E-state index contributed by atoms with van der Waals surface area (Å²) in [6.07, 6.45) is 7.25. The maximum absolute atomic E-state index is 5.62. The standard InChI is InChI=1S/C24H26N6O/c1-18-3-9-21(10-4-18)23-29-22(16-31-23)14-28-24(25-2)27-13-19-5-7-20(8-6-19)15-30-12-11-26-17-30/h3-12,16-17H,13-15H2,1-2H3,(H2,25,27,28). The van der Waals surface area contributed by atoms with Gasteiger partial charge in [0.05, 0.1) is 18.6 Å². The second kappa shape index (κ2) is 9.75. The van der Waals surface area contributed by atoms with Gasteiger partial charge in [-0.1, -0.05) is 42.0 Å². The molecule has 0 aliphatic heterocycles. The summed E-state index contributed by atoms with van der Waals surface area (Å²) in [7, 11) is 1.75. The Kier molecular flexibility index (Phi) is 6.42. The molecule has 0 spiro atoms. The van der Waals surface area contributed by atoms with E-state index in [2.05, 4.69) is 56.8 Å². The lowest BCUT2D eigenvalue weighted by Gasteiger charge is -2.11. The van der Waals surface area contributed by atoms with Crippen molar-refractivity contribution in [2.24, 2.45) is 4.99 Å². The Morgan fingerprint density at radius 1 is 1.00 bits per heavy atom. The van der Waals surface area contributed by atoms with Crippen molar-refractivity contribution in [2.45, 2.75) is 26.6 Å². The smallest absolute Gasteiger partial charge is 0.226 e. The first kappa shape index (κ1) is 20.4. The van der Waals surface area contributed by atoms with Gasteiger partial charge in [-0.3, -0.25) is 4.99 Å². The molecular formula is C24H26N6O. The average Bonchev–Trinajstić information content (AvgIpc) is 3.48. The third-order valence-corrected chi connectivity index (χ3v) is 4.92. The van der Waals surface area contributed by atoms with E-state index < -0.39 is 0 Å². The minimum atomic E-state index is 0.527. The van der Waals surface area contributed by atoms with Crippen molar-refractivity contribution in [3.63, 3.8) is 0 Å². The zero-order valence-electron chi connectivity index (χ0n) is 17.7. The highest BCUT2D eigenvalue weighted by molar-refractivity contribution is 5.79. The number of benzene rings is 2. The first-order valence-corrected chi connectivity index (χ1v) is 10.2. The number of imidazole rings is 1. The van der Waals surface area contributed by atoms with Crippen LogP contribution in [0.1, 0.15) is 22.4 Å². The molecule has 158 valence electrons. The molecule has 0 saturated carbocycles. The van der Waals surface area contributed by atoms with E-state index in [9.17, 15) is 0 Å². The van der Waals surface area contributed by atoms with Gasteiger partial charge in [-0.2, -0.15) is 0 Å². The summed E-state index contributed by atoms with van der Waals surface area (Å²) in [6, 6.07) is 16.6. The van der Waals surface area contributed by atoms with E-state index in [1.807, 2.05) is 41.4 Å². The maximum atomic E-state index is 5.62. The Morgan fingerprint density at radius 2 is 1.74 bits per heavy atom. The molecule has 0 aliphatic rings. The topological polar surface area (TPSA) is 80.3 Å². The van der Waals surface area contributed by atoms with E-state index >= 15 is 0 Å². The summed E-state index contributed by atoms with van der Waals surface area (Å²) in [4.78, 5) is 12.9. The molecule has 0 bridgehead atoms. The van der Waals surface area contributed by atoms with Crippen molar-refractivity contribution in [3.05, 3.63) is 95.9 Å². The van der Waals surface area contributed by atoms with E-state index in [0.717, 1.165) is 17.8 Å². The highest BCUT2D eigenvalue weighted by Crippen LogP contribution is 2.19. The number of hydrogen-bond donors (Lipinski definition) is 2. The van der Waals surface area contributed by atoms with Gasteiger partial charge < -0.3 is 19.6 Å². The molecule has 0 fully saturated rings. The van der Waals surface area contributed by atoms with Gasteiger partial charge in [0.15, 0.2) is 5.96 Å². The number of aliphatic imine (C=N–C) groups is 1. The predicted octanol–water partition coefficient (Wildman–Crippen LogP) is 3.76. The quantitative estimate of drug-likeness (QED) is 0.356. The third-order valence-electron chi connectivity index (χ3n) is 4.92. The molecule has 4 aromatic rings. The highest BCUT2D eigenvalue weighted by Gasteiger charge is 2.07. The van der Waals surface area contributed by atoms with Crippen molar-refractivity contribution in [1.82, 2.24) is 25.2 Å². The molecule has 2 N–H and O–H groups in total. The van der Waals surface area contributed by atoms with Gasteiger partial charge in [0, 0.05) is 38.1 Å². The molecule has 0 saturated heterocycles. The van der Waals surface area contributed by atoms with Gasteiger partial charge >= 0.3 is 0 Å². The van der Waals surface area contributed by atoms with Gasteiger partial charge in [0.25, 0.3) is 0 Å². The van der Waals surface area contributed by atoms with Crippen LogP contribution < -0.4 is 10.6 Å². The van der Waals surface area contributed by atoms with E-state index in [1.54, 1.807) is 19.5 Å². The highest BCUT2D eigenvalue weighted by atomic mass is 16.3. The van der Waals surface area contributed by atoms with Gasteiger partial charge in [-0.05, 0) is 30.2 Å². The van der Waals surface area contributed by atoms with Gasteiger partial charge in [0.2, 0.25) is 5.89 Å². The van der Waals surface area contributed by atoms with Crippen molar-refractivity contribution >= 4 is 5.96 Å². The molecule has 31 heavy (non-hydrogen) atoms. The van der Waals surface area contributed by atoms with Crippen LogP contribution in [0.5, 0.6) is 0 Å². The Bertz CT molecular complexity index is 1110. The van der Waals surface area contributed by atoms with Crippen molar-refractivity contribution in [3.8, 4) is 11.5 Å². The summed E-state index contributed by atoms with van der Waals surface area (Å²) >= 11 is 0. The fourth-order valence-corrected chi connectivity index (χ4v) is 3.15. The lowest BCUT2D eigenvalue weighted by molar-refractivity contribution is 0.572. The lowest BCUT2D eigenvalue weighted by Crippen LogP contribution is -2.36. The van der Waals surface area contributed by atoms with Crippen molar-refractivity contribution < 1.29 is 4.42 Å². The van der Waals surface area contributed by atoms with E-state index in [1.165, 1.54) is 16.7 Å². The number of guanidine groups is 1. The number of hydrogen-bond acceptors (Lipinski definition) is 4.